The van der Waals surface area contributed by atoms with Gasteiger partial charge in [-0.15, -0.1) is 0 Å². The SMILES string of the molecule is Cc1cc(C)nc(N/N=C/c2ccc(OCC(=O)N3CCOCC3)cc2)n1. The van der Waals surface area contributed by atoms with E-state index in [4.69, 9.17) is 9.47 Å². The van der Waals surface area contributed by atoms with Gasteiger partial charge in [0.15, 0.2) is 6.61 Å². The number of anilines is 1. The summed E-state index contributed by atoms with van der Waals surface area (Å²) in [7, 11) is 0. The van der Waals surface area contributed by atoms with Gasteiger partial charge in [-0.2, -0.15) is 5.10 Å². The van der Waals surface area contributed by atoms with E-state index in [1.165, 1.54) is 0 Å². The summed E-state index contributed by atoms with van der Waals surface area (Å²) in [6.07, 6.45) is 1.67. The van der Waals surface area contributed by atoms with Crippen LogP contribution >= 0.6 is 0 Å². The Morgan fingerprint density at radius 3 is 2.56 bits per heavy atom. The van der Waals surface area contributed by atoms with Gasteiger partial charge in [-0.05, 0) is 49.7 Å². The molecule has 1 fully saturated rings. The van der Waals surface area contributed by atoms with Gasteiger partial charge in [0.05, 0.1) is 19.4 Å². The van der Waals surface area contributed by atoms with Gasteiger partial charge in [0, 0.05) is 24.5 Å². The van der Waals surface area contributed by atoms with Gasteiger partial charge in [0.2, 0.25) is 5.95 Å². The number of aromatic nitrogens is 2. The van der Waals surface area contributed by atoms with Crippen LogP contribution in [0.3, 0.4) is 0 Å². The van der Waals surface area contributed by atoms with Crippen LogP contribution in [-0.4, -0.2) is 59.9 Å². The third-order valence-corrected chi connectivity index (χ3v) is 3.97. The Labute approximate surface area is 158 Å². The number of hydrazone groups is 1. The van der Waals surface area contributed by atoms with Gasteiger partial charge in [0.1, 0.15) is 5.75 Å². The van der Waals surface area contributed by atoms with Crippen LogP contribution in [-0.2, 0) is 9.53 Å². The van der Waals surface area contributed by atoms with Crippen molar-refractivity contribution in [2.24, 2.45) is 5.10 Å². The molecule has 1 saturated heterocycles. The molecule has 1 aromatic heterocycles. The fraction of sp³-hybridized carbons (Fsp3) is 0.368. The maximum Gasteiger partial charge on any atom is 0.260 e. The summed E-state index contributed by atoms with van der Waals surface area (Å²) in [4.78, 5) is 22.3. The van der Waals surface area contributed by atoms with Crippen molar-refractivity contribution in [1.82, 2.24) is 14.9 Å². The molecule has 0 spiro atoms. The number of nitrogens with one attached hydrogen (secondary N) is 1. The molecule has 3 rings (SSSR count). The molecule has 0 aliphatic carbocycles. The molecule has 142 valence electrons. The molecule has 27 heavy (non-hydrogen) atoms. The second-order valence-corrected chi connectivity index (χ2v) is 6.20. The van der Waals surface area contributed by atoms with Crippen molar-refractivity contribution in [3.05, 3.63) is 47.3 Å². The molecule has 1 aliphatic heterocycles. The normalized spacial score (nSPS) is 14.4. The second-order valence-electron chi connectivity index (χ2n) is 6.20. The summed E-state index contributed by atoms with van der Waals surface area (Å²) < 4.78 is 10.8. The van der Waals surface area contributed by atoms with Crippen LogP contribution in [0.15, 0.2) is 35.4 Å². The van der Waals surface area contributed by atoms with Crippen LogP contribution in [0.25, 0.3) is 0 Å². The van der Waals surface area contributed by atoms with Crippen molar-refractivity contribution < 1.29 is 14.3 Å². The molecule has 0 radical (unpaired) electrons. The van der Waals surface area contributed by atoms with E-state index in [1.807, 2.05) is 32.0 Å². The summed E-state index contributed by atoms with van der Waals surface area (Å²) >= 11 is 0. The fourth-order valence-corrected chi connectivity index (χ4v) is 2.64. The molecule has 1 amide bonds. The Morgan fingerprint density at radius 2 is 1.89 bits per heavy atom. The lowest BCUT2D eigenvalue weighted by molar-refractivity contribution is -0.137. The van der Waals surface area contributed by atoms with Crippen LogP contribution in [0.4, 0.5) is 5.95 Å². The number of benzene rings is 1. The van der Waals surface area contributed by atoms with Crippen molar-refractivity contribution >= 4 is 18.1 Å². The molecule has 0 unspecified atom stereocenters. The minimum Gasteiger partial charge on any atom is -0.484 e. The summed E-state index contributed by atoms with van der Waals surface area (Å²) in [6, 6.07) is 9.24. The van der Waals surface area contributed by atoms with E-state index in [0.717, 1.165) is 17.0 Å². The molecule has 1 aliphatic rings. The molecule has 2 aromatic rings. The van der Waals surface area contributed by atoms with Gasteiger partial charge >= 0.3 is 0 Å². The topological polar surface area (TPSA) is 88.9 Å². The number of nitrogens with zero attached hydrogens (tertiary/aromatic N) is 4. The molecule has 2 heterocycles. The molecule has 0 atom stereocenters. The predicted octanol–water partition coefficient (Wildman–Crippen LogP) is 1.78. The van der Waals surface area contributed by atoms with E-state index in [9.17, 15) is 4.79 Å². The summed E-state index contributed by atoms with van der Waals surface area (Å²) in [5, 5.41) is 4.15. The summed E-state index contributed by atoms with van der Waals surface area (Å²) in [5.74, 6) is 1.08. The molecule has 1 aromatic carbocycles. The van der Waals surface area contributed by atoms with Gasteiger partial charge in [-0.3, -0.25) is 4.79 Å². The van der Waals surface area contributed by atoms with E-state index < -0.39 is 0 Å². The average molecular weight is 369 g/mol. The maximum atomic E-state index is 12.1. The first kappa shape index (κ1) is 18.8. The number of amides is 1. The number of morpholine rings is 1. The number of hydrogen-bond donors (Lipinski definition) is 1. The van der Waals surface area contributed by atoms with Crippen LogP contribution in [0.5, 0.6) is 5.75 Å². The smallest absolute Gasteiger partial charge is 0.260 e. The van der Waals surface area contributed by atoms with Crippen LogP contribution in [0.2, 0.25) is 0 Å². The molecule has 8 nitrogen and oxygen atoms in total. The second kappa shape index (κ2) is 9.09. The Bertz CT molecular complexity index is 781. The number of aryl methyl sites for hydroxylation is 2. The van der Waals surface area contributed by atoms with E-state index in [2.05, 4.69) is 20.5 Å². The van der Waals surface area contributed by atoms with E-state index in [-0.39, 0.29) is 12.5 Å². The number of hydrogen-bond acceptors (Lipinski definition) is 7. The molecular weight excluding hydrogens is 346 g/mol. The van der Waals surface area contributed by atoms with Gasteiger partial charge in [-0.25, -0.2) is 15.4 Å². The minimum atomic E-state index is -0.0263. The van der Waals surface area contributed by atoms with E-state index in [0.29, 0.717) is 38.0 Å². The summed E-state index contributed by atoms with van der Waals surface area (Å²) in [6.45, 7) is 6.25. The third kappa shape index (κ3) is 5.75. The lowest BCUT2D eigenvalue weighted by atomic mass is 10.2. The molecule has 0 bridgehead atoms. The van der Waals surface area contributed by atoms with Crippen LogP contribution in [0, 0.1) is 13.8 Å². The third-order valence-electron chi connectivity index (χ3n) is 3.97. The van der Waals surface area contributed by atoms with Crippen molar-refractivity contribution in [1.29, 1.82) is 0 Å². The number of rotatable bonds is 6. The highest BCUT2D eigenvalue weighted by Crippen LogP contribution is 2.12. The monoisotopic (exact) mass is 369 g/mol. The molecular formula is C19H23N5O3. The Morgan fingerprint density at radius 1 is 1.22 bits per heavy atom. The highest BCUT2D eigenvalue weighted by Gasteiger charge is 2.16. The van der Waals surface area contributed by atoms with Crippen LogP contribution in [0.1, 0.15) is 17.0 Å². The quantitative estimate of drug-likeness (QED) is 0.617. The standard InChI is InChI=1S/C19H23N5O3/c1-14-11-15(2)22-19(21-14)23-20-12-16-3-5-17(6-4-16)27-13-18(25)24-7-9-26-10-8-24/h3-6,11-12H,7-10,13H2,1-2H3,(H,21,22,23)/b20-12+. The highest BCUT2D eigenvalue weighted by molar-refractivity contribution is 5.80. The maximum absolute atomic E-state index is 12.1. The first-order valence-electron chi connectivity index (χ1n) is 8.80. The number of ether oxygens (including phenoxy) is 2. The fourth-order valence-electron chi connectivity index (χ4n) is 2.64. The zero-order valence-electron chi connectivity index (χ0n) is 15.5. The van der Waals surface area contributed by atoms with E-state index in [1.54, 1.807) is 23.2 Å². The lowest BCUT2D eigenvalue weighted by Crippen LogP contribution is -2.42. The van der Waals surface area contributed by atoms with Crippen molar-refractivity contribution in [2.75, 3.05) is 38.3 Å². The largest absolute Gasteiger partial charge is 0.484 e. The van der Waals surface area contributed by atoms with Crippen molar-refractivity contribution in [3.63, 3.8) is 0 Å². The zero-order valence-corrected chi connectivity index (χ0v) is 15.5. The van der Waals surface area contributed by atoms with Crippen molar-refractivity contribution in [2.45, 2.75) is 13.8 Å². The first-order chi connectivity index (χ1) is 13.1. The van der Waals surface area contributed by atoms with Crippen molar-refractivity contribution in [3.8, 4) is 5.75 Å². The number of carbonyl (C=O) groups is 1. The average Bonchev–Trinajstić information content (AvgIpc) is 2.67. The Balaban J connectivity index is 1.48. The van der Waals surface area contributed by atoms with Gasteiger partial charge < -0.3 is 14.4 Å². The van der Waals surface area contributed by atoms with Crippen LogP contribution < -0.4 is 10.2 Å². The van der Waals surface area contributed by atoms with E-state index >= 15 is 0 Å². The molecule has 1 N–H and O–H groups in total. The zero-order chi connectivity index (χ0) is 19.1. The van der Waals surface area contributed by atoms with Gasteiger partial charge in [0.25, 0.3) is 5.91 Å². The Hall–Kier alpha value is -3.00. The number of carbonyl (C=O) groups excluding carboxylic acids is 1. The summed E-state index contributed by atoms with van der Waals surface area (Å²) in [5.41, 5.74) is 5.47. The molecule has 8 heteroatoms. The Kier molecular flexibility index (Phi) is 6.32. The molecule has 0 saturated carbocycles. The highest BCUT2D eigenvalue weighted by atomic mass is 16.5. The first-order valence-corrected chi connectivity index (χ1v) is 8.80. The predicted molar refractivity (Wildman–Crippen MR) is 102 cm³/mol. The minimum absolute atomic E-state index is 0.0263. The van der Waals surface area contributed by atoms with Gasteiger partial charge in [-0.1, -0.05) is 0 Å². The lowest BCUT2D eigenvalue weighted by Gasteiger charge is -2.26.